The van der Waals surface area contributed by atoms with E-state index in [1.165, 1.54) is 19.3 Å². The first-order valence-electron chi connectivity index (χ1n) is 10.5. The molecule has 0 atom stereocenters. The fraction of sp³-hybridized carbons (Fsp3) is 0.348. The molecule has 7 nitrogen and oxygen atoms in total. The van der Waals surface area contributed by atoms with Gasteiger partial charge in [0.1, 0.15) is 17.4 Å². The number of hydrogen-bond donors (Lipinski definition) is 1. The highest BCUT2D eigenvalue weighted by Crippen LogP contribution is 2.32. The Balaban J connectivity index is 1.47. The van der Waals surface area contributed by atoms with E-state index in [-0.39, 0.29) is 6.10 Å². The maximum atomic E-state index is 6.41. The highest BCUT2D eigenvalue weighted by Gasteiger charge is 2.19. The molecule has 1 aliphatic rings. The van der Waals surface area contributed by atoms with Crippen LogP contribution in [0.3, 0.4) is 0 Å². The van der Waals surface area contributed by atoms with Crippen LogP contribution < -0.4 is 10.1 Å². The van der Waals surface area contributed by atoms with Crippen LogP contribution in [0.1, 0.15) is 32.1 Å². The van der Waals surface area contributed by atoms with Crippen molar-refractivity contribution in [1.82, 2.24) is 24.5 Å². The van der Waals surface area contributed by atoms with Crippen LogP contribution in [0.2, 0.25) is 0 Å². The summed E-state index contributed by atoms with van der Waals surface area (Å²) in [6.07, 6.45) is 8.07. The number of aryl methyl sites for hydroxylation is 2. The molecule has 1 N–H and O–H groups in total. The summed E-state index contributed by atoms with van der Waals surface area (Å²) in [4.78, 5) is 4.78. The summed E-state index contributed by atoms with van der Waals surface area (Å²) in [5.74, 6) is 2.43. The summed E-state index contributed by atoms with van der Waals surface area (Å²) in [5, 5.41) is 13.4. The van der Waals surface area contributed by atoms with Gasteiger partial charge in [0, 0.05) is 31.8 Å². The van der Waals surface area contributed by atoms with Gasteiger partial charge in [-0.05, 0) is 25.7 Å². The zero-order chi connectivity index (χ0) is 20.5. The Bertz CT molecular complexity index is 1160. The van der Waals surface area contributed by atoms with E-state index in [2.05, 4.69) is 27.6 Å². The number of rotatable bonds is 5. The first-order chi connectivity index (χ1) is 14.7. The molecule has 4 aromatic rings. The summed E-state index contributed by atoms with van der Waals surface area (Å²) in [5.41, 5.74) is 2.80. The van der Waals surface area contributed by atoms with E-state index < -0.39 is 0 Å². The van der Waals surface area contributed by atoms with Crippen molar-refractivity contribution >= 4 is 22.7 Å². The highest BCUT2D eigenvalue weighted by molar-refractivity contribution is 5.84. The molecule has 30 heavy (non-hydrogen) atoms. The van der Waals surface area contributed by atoms with E-state index in [4.69, 9.17) is 9.72 Å². The topological polar surface area (TPSA) is 69.8 Å². The zero-order valence-corrected chi connectivity index (χ0v) is 17.4. The zero-order valence-electron chi connectivity index (χ0n) is 17.4. The van der Waals surface area contributed by atoms with Crippen molar-refractivity contribution in [3.63, 3.8) is 0 Å². The molecule has 0 saturated heterocycles. The van der Waals surface area contributed by atoms with Crippen molar-refractivity contribution in [1.29, 1.82) is 0 Å². The molecular weight excluding hydrogens is 376 g/mol. The van der Waals surface area contributed by atoms with Crippen LogP contribution >= 0.6 is 0 Å². The van der Waals surface area contributed by atoms with E-state index in [0.717, 1.165) is 52.5 Å². The van der Waals surface area contributed by atoms with Gasteiger partial charge in [-0.2, -0.15) is 10.2 Å². The fourth-order valence-electron chi connectivity index (χ4n) is 4.08. The third kappa shape index (κ3) is 3.63. The number of benzene rings is 1. The van der Waals surface area contributed by atoms with Crippen LogP contribution in [0.4, 0.5) is 11.6 Å². The molecule has 1 fully saturated rings. The van der Waals surface area contributed by atoms with E-state index >= 15 is 0 Å². The molecule has 1 aliphatic carbocycles. The molecule has 5 rings (SSSR count). The summed E-state index contributed by atoms with van der Waals surface area (Å²) in [7, 11) is 3.83. The quantitative estimate of drug-likeness (QED) is 0.518. The van der Waals surface area contributed by atoms with E-state index in [0.29, 0.717) is 0 Å². The number of nitrogens with one attached hydrogen (secondary N) is 1. The Morgan fingerprint density at radius 2 is 1.80 bits per heavy atom. The SMILES string of the molecule is Cn1nc(-c2ccccc2)cc1Nc1cc(OC2CCCCC2)c2cnn(C)c2n1. The Morgan fingerprint density at radius 1 is 1.00 bits per heavy atom. The lowest BCUT2D eigenvalue weighted by Crippen LogP contribution is -2.19. The van der Waals surface area contributed by atoms with Gasteiger partial charge in [-0.15, -0.1) is 0 Å². The normalized spacial score (nSPS) is 14.9. The fourth-order valence-corrected chi connectivity index (χ4v) is 4.08. The minimum atomic E-state index is 0.263. The maximum absolute atomic E-state index is 6.41. The van der Waals surface area contributed by atoms with E-state index in [9.17, 15) is 0 Å². The first-order valence-corrected chi connectivity index (χ1v) is 10.5. The van der Waals surface area contributed by atoms with Gasteiger partial charge in [0.05, 0.1) is 23.4 Å². The lowest BCUT2D eigenvalue weighted by Gasteiger charge is -2.23. The molecule has 0 spiro atoms. The van der Waals surface area contributed by atoms with Crippen molar-refractivity contribution < 1.29 is 4.74 Å². The molecule has 0 radical (unpaired) electrons. The molecule has 0 unspecified atom stereocenters. The molecule has 3 heterocycles. The molecule has 0 aliphatic heterocycles. The Morgan fingerprint density at radius 3 is 2.60 bits per heavy atom. The third-order valence-corrected chi connectivity index (χ3v) is 5.72. The van der Waals surface area contributed by atoms with Crippen molar-refractivity contribution in [2.75, 3.05) is 5.32 Å². The van der Waals surface area contributed by atoms with Gasteiger partial charge in [-0.25, -0.2) is 4.98 Å². The molecule has 1 saturated carbocycles. The van der Waals surface area contributed by atoms with Crippen LogP contribution in [0.15, 0.2) is 48.7 Å². The van der Waals surface area contributed by atoms with Gasteiger partial charge in [0.25, 0.3) is 0 Å². The van der Waals surface area contributed by atoms with Crippen molar-refractivity contribution in [3.8, 4) is 17.0 Å². The Hall–Kier alpha value is -3.35. The van der Waals surface area contributed by atoms with Gasteiger partial charge in [-0.1, -0.05) is 36.8 Å². The van der Waals surface area contributed by atoms with Crippen LogP contribution in [0.25, 0.3) is 22.3 Å². The maximum Gasteiger partial charge on any atom is 0.163 e. The number of aromatic nitrogens is 5. The standard InChI is InChI=1S/C23H26N6O/c1-28-22(13-19(27-28)16-9-5-3-6-10-16)25-21-14-20(30-17-11-7-4-8-12-17)18-15-24-29(2)23(18)26-21/h3,5-6,9-10,13-15,17H,4,7-8,11-12H2,1-2H3,(H,25,26). The Kier molecular flexibility index (Phi) is 4.86. The van der Waals surface area contributed by atoms with Gasteiger partial charge < -0.3 is 10.1 Å². The van der Waals surface area contributed by atoms with Crippen LogP contribution in [0, 0.1) is 0 Å². The first kappa shape index (κ1) is 18.7. The average molecular weight is 403 g/mol. The minimum Gasteiger partial charge on any atom is -0.489 e. The summed E-state index contributed by atoms with van der Waals surface area (Å²) < 4.78 is 10.0. The van der Waals surface area contributed by atoms with Crippen LogP contribution in [-0.2, 0) is 14.1 Å². The second-order valence-electron chi connectivity index (χ2n) is 7.92. The van der Waals surface area contributed by atoms with Gasteiger partial charge in [0.15, 0.2) is 5.65 Å². The molecule has 3 aromatic heterocycles. The van der Waals surface area contributed by atoms with Gasteiger partial charge in [0.2, 0.25) is 0 Å². The number of pyridine rings is 1. The summed E-state index contributed by atoms with van der Waals surface area (Å²) in [6, 6.07) is 14.2. The largest absolute Gasteiger partial charge is 0.489 e. The molecule has 7 heteroatoms. The average Bonchev–Trinajstić information content (AvgIpc) is 3.33. The smallest absolute Gasteiger partial charge is 0.163 e. The highest BCUT2D eigenvalue weighted by atomic mass is 16.5. The van der Waals surface area contributed by atoms with Crippen molar-refractivity contribution in [2.45, 2.75) is 38.2 Å². The van der Waals surface area contributed by atoms with Crippen molar-refractivity contribution in [3.05, 3.63) is 48.7 Å². The molecule has 154 valence electrons. The predicted octanol–water partition coefficient (Wildman–Crippen LogP) is 4.82. The number of fused-ring (bicyclic) bond motifs is 1. The number of anilines is 2. The number of nitrogens with zero attached hydrogens (tertiary/aromatic N) is 5. The van der Waals surface area contributed by atoms with Gasteiger partial charge in [-0.3, -0.25) is 9.36 Å². The second-order valence-corrected chi connectivity index (χ2v) is 7.92. The lowest BCUT2D eigenvalue weighted by molar-refractivity contribution is 0.157. The van der Waals surface area contributed by atoms with Crippen molar-refractivity contribution in [2.24, 2.45) is 14.1 Å². The third-order valence-electron chi connectivity index (χ3n) is 5.72. The number of ether oxygens (including phenoxy) is 1. The summed E-state index contributed by atoms with van der Waals surface area (Å²) in [6.45, 7) is 0. The van der Waals surface area contributed by atoms with E-state index in [1.54, 1.807) is 4.68 Å². The van der Waals surface area contributed by atoms with E-state index in [1.807, 2.05) is 55.3 Å². The Labute approximate surface area is 175 Å². The van der Waals surface area contributed by atoms with Crippen LogP contribution in [0.5, 0.6) is 5.75 Å². The molecule has 0 amide bonds. The second kappa shape index (κ2) is 7.82. The molecule has 0 bridgehead atoms. The van der Waals surface area contributed by atoms with Crippen LogP contribution in [-0.4, -0.2) is 30.6 Å². The predicted molar refractivity (Wildman–Crippen MR) is 118 cm³/mol. The lowest BCUT2D eigenvalue weighted by atomic mass is 9.98. The minimum absolute atomic E-state index is 0.263. The monoisotopic (exact) mass is 402 g/mol. The summed E-state index contributed by atoms with van der Waals surface area (Å²) >= 11 is 0. The van der Waals surface area contributed by atoms with Gasteiger partial charge >= 0.3 is 0 Å². The molecule has 1 aromatic carbocycles. The molecular formula is C23H26N6O. The number of hydrogen-bond acceptors (Lipinski definition) is 5.